The van der Waals surface area contributed by atoms with E-state index >= 15 is 0 Å². The number of aromatic nitrogens is 8. The van der Waals surface area contributed by atoms with Gasteiger partial charge in [-0.2, -0.15) is 4.98 Å². The molecule has 36 heavy (non-hydrogen) atoms. The highest BCUT2D eigenvalue weighted by Gasteiger charge is 2.33. The van der Waals surface area contributed by atoms with E-state index in [9.17, 15) is 8.42 Å². The maximum atomic E-state index is 13.4. The van der Waals surface area contributed by atoms with Gasteiger partial charge in [0, 0.05) is 24.4 Å². The van der Waals surface area contributed by atoms with Gasteiger partial charge in [-0.3, -0.25) is 9.29 Å². The minimum Gasteiger partial charge on any atom is -0.481 e. The van der Waals surface area contributed by atoms with Gasteiger partial charge in [0.15, 0.2) is 11.6 Å². The number of ether oxygens (including phenoxy) is 1. The normalized spacial score (nSPS) is 14.3. The second-order valence-electron chi connectivity index (χ2n) is 8.04. The average Bonchev–Trinajstić information content (AvgIpc) is 3.49. The van der Waals surface area contributed by atoms with Crippen LogP contribution >= 0.6 is 11.6 Å². The van der Waals surface area contributed by atoms with E-state index in [1.807, 2.05) is 0 Å². The first-order chi connectivity index (χ1) is 17.1. The summed E-state index contributed by atoms with van der Waals surface area (Å²) in [6.07, 6.45) is 2.84. The lowest BCUT2D eigenvalue weighted by molar-refractivity contribution is 0.344. The molecule has 13 nitrogen and oxygen atoms in total. The van der Waals surface area contributed by atoms with E-state index in [2.05, 4.69) is 40.0 Å². The molecule has 0 aliphatic rings. The predicted molar refractivity (Wildman–Crippen MR) is 130 cm³/mol. The molecule has 15 heteroatoms. The highest BCUT2D eigenvalue weighted by Crippen LogP contribution is 2.30. The number of pyridine rings is 1. The Balaban J connectivity index is 1.73. The number of aryl methyl sites for hydroxylation is 1. The molecule has 0 radical (unpaired) electrons. The quantitative estimate of drug-likeness (QED) is 0.336. The van der Waals surface area contributed by atoms with Gasteiger partial charge in [-0.1, -0.05) is 29.7 Å². The molecular formula is C21H24ClN9O4S. The van der Waals surface area contributed by atoms with Gasteiger partial charge in [-0.05, 0) is 26.8 Å². The van der Waals surface area contributed by atoms with Crippen molar-refractivity contribution in [1.29, 1.82) is 0 Å². The molecule has 0 spiro atoms. The van der Waals surface area contributed by atoms with E-state index in [0.29, 0.717) is 28.2 Å². The van der Waals surface area contributed by atoms with Gasteiger partial charge < -0.3 is 9.26 Å². The molecule has 190 valence electrons. The van der Waals surface area contributed by atoms with Crippen LogP contribution in [0.4, 0.5) is 5.95 Å². The molecule has 0 bridgehead atoms. The Morgan fingerprint density at radius 2 is 1.83 bits per heavy atom. The number of anilines is 1. The number of halogens is 1. The smallest absolute Gasteiger partial charge is 0.249 e. The summed E-state index contributed by atoms with van der Waals surface area (Å²) in [6.45, 7) is 6.71. The van der Waals surface area contributed by atoms with Crippen LogP contribution in [0.15, 0.2) is 35.1 Å². The highest BCUT2D eigenvalue weighted by atomic mass is 35.5. The second-order valence-corrected chi connectivity index (χ2v) is 10.5. The molecule has 4 rings (SSSR count). The van der Waals surface area contributed by atoms with Crippen LogP contribution in [0.5, 0.6) is 5.88 Å². The summed E-state index contributed by atoms with van der Waals surface area (Å²) >= 11 is 5.86. The lowest BCUT2D eigenvalue weighted by Crippen LogP contribution is -2.32. The van der Waals surface area contributed by atoms with Crippen LogP contribution in [0, 0.1) is 6.92 Å². The van der Waals surface area contributed by atoms with E-state index in [4.69, 9.17) is 20.9 Å². The van der Waals surface area contributed by atoms with Crippen molar-refractivity contribution < 1.29 is 17.7 Å². The highest BCUT2D eigenvalue weighted by molar-refractivity contribution is 7.93. The number of nitrogens with zero attached hydrogens (tertiary/aromatic N) is 8. The molecule has 4 aromatic rings. The molecule has 0 aliphatic heterocycles. The maximum absolute atomic E-state index is 13.4. The lowest BCUT2D eigenvalue weighted by atomic mass is 10.1. The summed E-state index contributed by atoms with van der Waals surface area (Å²) in [5.74, 6) is 1.05. The van der Waals surface area contributed by atoms with Crippen molar-refractivity contribution in [3.63, 3.8) is 0 Å². The monoisotopic (exact) mass is 533 g/mol. The number of sulfonamides is 1. The molecule has 0 saturated heterocycles. The Kier molecular flexibility index (Phi) is 7.17. The molecule has 4 heterocycles. The predicted octanol–water partition coefficient (Wildman–Crippen LogP) is 3.03. The third-order valence-corrected chi connectivity index (χ3v) is 7.67. The van der Waals surface area contributed by atoms with Crippen molar-refractivity contribution in [2.24, 2.45) is 0 Å². The van der Waals surface area contributed by atoms with Gasteiger partial charge in [0.05, 0.1) is 17.4 Å². The number of rotatable bonds is 9. The van der Waals surface area contributed by atoms with Crippen molar-refractivity contribution in [2.45, 2.75) is 44.9 Å². The summed E-state index contributed by atoms with van der Waals surface area (Å²) in [5.41, 5.74) is 0.409. The fourth-order valence-electron chi connectivity index (χ4n) is 3.41. The molecular weight excluding hydrogens is 510 g/mol. The minimum absolute atomic E-state index is 0.0472. The molecule has 0 saturated carbocycles. The van der Waals surface area contributed by atoms with Crippen LogP contribution in [0.1, 0.15) is 50.3 Å². The van der Waals surface area contributed by atoms with Crippen molar-refractivity contribution in [3.8, 4) is 17.4 Å². The molecule has 0 aliphatic carbocycles. The maximum Gasteiger partial charge on any atom is 0.249 e. The summed E-state index contributed by atoms with van der Waals surface area (Å²) in [4.78, 5) is 17.0. The zero-order chi connectivity index (χ0) is 26.0. The van der Waals surface area contributed by atoms with E-state index in [1.165, 1.54) is 24.1 Å². The van der Waals surface area contributed by atoms with Gasteiger partial charge in [0.2, 0.25) is 27.7 Å². The standard InChI is InChI=1S/C21H24ClN9O4S/c1-11(18-23-9-15(22)10-24-18)13(3)36(32,33)30-21-28-27-19(16-7-6-8-17(26-16)34-5)31(21)12(2)20-25-14(4)29-35-20/h6-13H,1-5H3,(H,28,30)/t11-,12+,13-/m0/s1. The zero-order valence-electron chi connectivity index (χ0n) is 20.1. The fourth-order valence-corrected chi connectivity index (χ4v) is 4.74. The molecule has 3 atom stereocenters. The van der Waals surface area contributed by atoms with Gasteiger partial charge in [0.25, 0.3) is 0 Å². The van der Waals surface area contributed by atoms with Crippen molar-refractivity contribution in [3.05, 3.63) is 53.2 Å². The van der Waals surface area contributed by atoms with E-state index in [0.717, 1.165) is 0 Å². The molecule has 4 aromatic heterocycles. The summed E-state index contributed by atoms with van der Waals surface area (Å²) < 4.78 is 41.4. The largest absolute Gasteiger partial charge is 0.481 e. The van der Waals surface area contributed by atoms with Gasteiger partial charge in [-0.15, -0.1) is 10.2 Å². The number of hydrogen-bond acceptors (Lipinski definition) is 11. The molecule has 1 N–H and O–H groups in total. The first-order valence-electron chi connectivity index (χ1n) is 10.9. The molecule has 0 amide bonds. The van der Waals surface area contributed by atoms with Gasteiger partial charge >= 0.3 is 0 Å². The number of hydrogen-bond donors (Lipinski definition) is 1. The topological polar surface area (TPSA) is 164 Å². The molecule has 0 aromatic carbocycles. The van der Waals surface area contributed by atoms with E-state index in [-0.39, 0.29) is 17.7 Å². The molecule has 0 fully saturated rings. The third-order valence-electron chi connectivity index (χ3n) is 5.62. The summed E-state index contributed by atoms with van der Waals surface area (Å²) in [6, 6.07) is 4.49. The van der Waals surface area contributed by atoms with Crippen LogP contribution in [0.3, 0.4) is 0 Å². The Morgan fingerprint density at radius 3 is 2.47 bits per heavy atom. The van der Waals surface area contributed by atoms with Crippen molar-refractivity contribution in [1.82, 2.24) is 39.9 Å². The van der Waals surface area contributed by atoms with Crippen LogP contribution in [0.2, 0.25) is 5.02 Å². The van der Waals surface area contributed by atoms with Crippen molar-refractivity contribution >= 4 is 27.6 Å². The average molecular weight is 534 g/mol. The zero-order valence-corrected chi connectivity index (χ0v) is 21.7. The molecule has 0 unspecified atom stereocenters. The first kappa shape index (κ1) is 25.4. The summed E-state index contributed by atoms with van der Waals surface area (Å²) in [7, 11) is -2.49. The Morgan fingerprint density at radius 1 is 1.11 bits per heavy atom. The lowest BCUT2D eigenvalue weighted by Gasteiger charge is -2.21. The fraction of sp³-hybridized carbons (Fsp3) is 0.381. The van der Waals surface area contributed by atoms with Crippen LogP contribution < -0.4 is 9.46 Å². The summed E-state index contributed by atoms with van der Waals surface area (Å²) in [5, 5.41) is 11.6. The first-order valence-corrected chi connectivity index (χ1v) is 12.8. The van der Waals surface area contributed by atoms with Gasteiger partial charge in [-0.25, -0.2) is 23.4 Å². The SMILES string of the molecule is COc1cccc(-c2nnc(NS(=O)(=O)[C@@H](C)[C@H](C)c3ncc(Cl)cn3)n2[C@H](C)c2nc(C)no2)n1. The third kappa shape index (κ3) is 5.14. The minimum atomic E-state index is -3.98. The van der Waals surface area contributed by atoms with E-state index < -0.39 is 27.2 Å². The number of methoxy groups -OCH3 is 1. The van der Waals surface area contributed by atoms with Crippen LogP contribution in [-0.2, 0) is 10.0 Å². The Bertz CT molecular complexity index is 1460. The Hall–Kier alpha value is -3.65. The van der Waals surface area contributed by atoms with E-state index in [1.54, 1.807) is 45.9 Å². The second kappa shape index (κ2) is 10.1. The van der Waals surface area contributed by atoms with Crippen molar-refractivity contribution in [2.75, 3.05) is 11.8 Å². The van der Waals surface area contributed by atoms with Crippen LogP contribution in [-0.4, -0.2) is 60.6 Å². The number of nitrogens with one attached hydrogen (secondary N) is 1. The van der Waals surface area contributed by atoms with Gasteiger partial charge in [0.1, 0.15) is 17.6 Å². The Labute approximate surface area is 212 Å². The van der Waals surface area contributed by atoms with Crippen LogP contribution in [0.25, 0.3) is 11.5 Å².